The van der Waals surface area contributed by atoms with E-state index in [9.17, 15) is 9.59 Å². The van der Waals surface area contributed by atoms with Gasteiger partial charge in [-0.05, 0) is 76.4 Å². The van der Waals surface area contributed by atoms with Crippen LogP contribution in [0, 0.1) is 6.92 Å². The van der Waals surface area contributed by atoms with Gasteiger partial charge < -0.3 is 15.0 Å². The average molecular weight is 433 g/mol. The second-order valence-electron chi connectivity index (χ2n) is 8.14. The van der Waals surface area contributed by atoms with Crippen LogP contribution in [0.4, 0.5) is 11.4 Å². The van der Waals surface area contributed by atoms with Crippen molar-refractivity contribution in [3.05, 3.63) is 59.4 Å². The molecule has 1 aliphatic rings. The summed E-state index contributed by atoms with van der Waals surface area (Å²) >= 11 is 0. The number of aryl methyl sites for hydroxylation is 1. The highest BCUT2D eigenvalue weighted by atomic mass is 16.5. The zero-order valence-corrected chi connectivity index (χ0v) is 18.7. The number of carbonyl (C=O) groups excluding carboxylic acids is 2. The molecule has 0 radical (unpaired) electrons. The number of anilines is 2. The third-order valence-corrected chi connectivity index (χ3v) is 5.83. The van der Waals surface area contributed by atoms with Crippen molar-refractivity contribution in [1.29, 1.82) is 0 Å². The second-order valence-corrected chi connectivity index (χ2v) is 8.14. The maximum atomic E-state index is 13.5. The molecule has 1 saturated heterocycles. The highest BCUT2D eigenvalue weighted by Crippen LogP contribution is 2.31. The number of likely N-dealkylation sites (tertiary alicyclic amines) is 1. The van der Waals surface area contributed by atoms with E-state index in [0.717, 1.165) is 42.6 Å². The smallest absolute Gasteiger partial charge is 0.338 e. The molecule has 0 saturated carbocycles. The molecule has 1 atom stereocenters. The minimum absolute atomic E-state index is 0.0298. The van der Waals surface area contributed by atoms with Gasteiger partial charge in [-0.3, -0.25) is 4.79 Å². The van der Waals surface area contributed by atoms with Crippen molar-refractivity contribution in [1.82, 2.24) is 14.9 Å². The Morgan fingerprint density at radius 3 is 2.66 bits per heavy atom. The van der Waals surface area contributed by atoms with Crippen LogP contribution >= 0.6 is 0 Å². The minimum atomic E-state index is -0.358. The monoisotopic (exact) mass is 432 g/mol. The Balaban J connectivity index is 1.73. The fourth-order valence-electron chi connectivity index (χ4n) is 4.07. The number of piperidine rings is 1. The van der Waals surface area contributed by atoms with Gasteiger partial charge in [-0.25, -0.2) is 14.8 Å². The van der Waals surface area contributed by atoms with Crippen LogP contribution < -0.4 is 5.32 Å². The van der Waals surface area contributed by atoms with Crippen LogP contribution in [-0.4, -0.2) is 45.9 Å². The lowest BCUT2D eigenvalue weighted by Gasteiger charge is -2.34. The Hall–Kier alpha value is -3.48. The SMILES string of the molecule is CCOC(=O)c1ccc(Nc2c(C(=O)N3CCCC[C@@H]3C)cnc3nc(C)ccc23)cc1. The maximum absolute atomic E-state index is 13.5. The molecule has 2 aromatic heterocycles. The molecule has 4 rings (SSSR count). The number of pyridine rings is 2. The summed E-state index contributed by atoms with van der Waals surface area (Å²) in [5.74, 6) is -0.388. The molecule has 3 heterocycles. The summed E-state index contributed by atoms with van der Waals surface area (Å²) in [5.41, 5.74) is 3.87. The fourth-order valence-corrected chi connectivity index (χ4v) is 4.07. The largest absolute Gasteiger partial charge is 0.462 e. The first-order valence-electron chi connectivity index (χ1n) is 11.1. The van der Waals surface area contributed by atoms with Gasteiger partial charge in [0.25, 0.3) is 5.91 Å². The van der Waals surface area contributed by atoms with Crippen molar-refractivity contribution in [3.8, 4) is 0 Å². The maximum Gasteiger partial charge on any atom is 0.338 e. The van der Waals surface area contributed by atoms with Crippen molar-refractivity contribution < 1.29 is 14.3 Å². The minimum Gasteiger partial charge on any atom is -0.462 e. The molecular weight excluding hydrogens is 404 g/mol. The third-order valence-electron chi connectivity index (χ3n) is 5.83. The van der Waals surface area contributed by atoms with Gasteiger partial charge in [-0.2, -0.15) is 0 Å². The Labute approximate surface area is 187 Å². The molecule has 0 aliphatic carbocycles. The van der Waals surface area contributed by atoms with Crippen molar-refractivity contribution in [2.45, 2.75) is 46.1 Å². The summed E-state index contributed by atoms with van der Waals surface area (Å²) in [6.45, 7) is 6.86. The Morgan fingerprint density at radius 1 is 1.16 bits per heavy atom. The number of hydrogen-bond donors (Lipinski definition) is 1. The first-order valence-corrected chi connectivity index (χ1v) is 11.1. The summed E-state index contributed by atoms with van der Waals surface area (Å²) < 4.78 is 5.06. The molecule has 1 aliphatic heterocycles. The summed E-state index contributed by atoms with van der Waals surface area (Å²) in [5, 5.41) is 4.17. The molecule has 1 N–H and O–H groups in total. The van der Waals surface area contributed by atoms with Crippen molar-refractivity contribution in [2.75, 3.05) is 18.5 Å². The zero-order chi connectivity index (χ0) is 22.7. The summed E-state index contributed by atoms with van der Waals surface area (Å²) in [6, 6.07) is 11.1. The van der Waals surface area contributed by atoms with E-state index in [-0.39, 0.29) is 17.9 Å². The average Bonchev–Trinajstić information content (AvgIpc) is 2.79. The van der Waals surface area contributed by atoms with E-state index in [1.807, 2.05) is 24.0 Å². The van der Waals surface area contributed by atoms with Crippen LogP contribution in [0.2, 0.25) is 0 Å². The standard InChI is InChI=1S/C25H28N4O3/c1-4-32-25(31)18-9-11-19(12-10-18)28-22-20-13-8-16(2)27-23(20)26-15-21(22)24(30)29-14-6-5-7-17(29)3/h8-13,15,17H,4-7,14H2,1-3H3,(H,26,27,28)/t17-/m0/s1. The van der Waals surface area contributed by atoms with Crippen LogP contribution in [0.1, 0.15) is 59.5 Å². The molecule has 3 aromatic rings. The van der Waals surface area contributed by atoms with Gasteiger partial charge >= 0.3 is 5.97 Å². The van der Waals surface area contributed by atoms with E-state index in [4.69, 9.17) is 4.74 Å². The van der Waals surface area contributed by atoms with E-state index in [1.165, 1.54) is 0 Å². The first kappa shape index (κ1) is 21.7. The Morgan fingerprint density at radius 2 is 1.94 bits per heavy atom. The summed E-state index contributed by atoms with van der Waals surface area (Å²) in [4.78, 5) is 36.4. The molecule has 0 bridgehead atoms. The van der Waals surface area contributed by atoms with Crippen LogP contribution in [0.5, 0.6) is 0 Å². The number of nitrogens with zero attached hydrogens (tertiary/aromatic N) is 3. The Kier molecular flexibility index (Phi) is 6.35. The summed E-state index contributed by atoms with van der Waals surface area (Å²) in [6.07, 6.45) is 4.78. The molecule has 1 amide bonds. The molecule has 1 fully saturated rings. The molecule has 0 spiro atoms. The predicted molar refractivity (Wildman–Crippen MR) is 124 cm³/mol. The van der Waals surface area contributed by atoms with Crippen molar-refractivity contribution in [3.63, 3.8) is 0 Å². The lowest BCUT2D eigenvalue weighted by atomic mass is 10.0. The van der Waals surface area contributed by atoms with Crippen molar-refractivity contribution in [2.24, 2.45) is 0 Å². The van der Waals surface area contributed by atoms with E-state index < -0.39 is 0 Å². The number of ether oxygens (including phenoxy) is 1. The second kappa shape index (κ2) is 9.34. The quantitative estimate of drug-likeness (QED) is 0.579. The first-order chi connectivity index (χ1) is 15.5. The summed E-state index contributed by atoms with van der Waals surface area (Å²) in [7, 11) is 0. The van der Waals surface area contributed by atoms with Gasteiger partial charge in [0.2, 0.25) is 0 Å². The van der Waals surface area contributed by atoms with Gasteiger partial charge in [0.15, 0.2) is 5.65 Å². The molecule has 7 nitrogen and oxygen atoms in total. The lowest BCUT2D eigenvalue weighted by molar-refractivity contribution is 0.0525. The number of hydrogen-bond acceptors (Lipinski definition) is 6. The highest BCUT2D eigenvalue weighted by molar-refractivity contribution is 6.07. The van der Waals surface area contributed by atoms with Crippen LogP contribution in [0.3, 0.4) is 0 Å². The van der Waals surface area contributed by atoms with E-state index >= 15 is 0 Å². The van der Waals surface area contributed by atoms with Crippen LogP contribution in [-0.2, 0) is 4.74 Å². The molecule has 32 heavy (non-hydrogen) atoms. The number of fused-ring (bicyclic) bond motifs is 1. The normalized spacial score (nSPS) is 16.1. The van der Waals surface area contributed by atoms with Gasteiger partial charge in [0, 0.05) is 35.6 Å². The molecule has 7 heteroatoms. The molecular formula is C25H28N4O3. The number of esters is 1. The van der Waals surface area contributed by atoms with Gasteiger partial charge in [0.1, 0.15) is 0 Å². The number of rotatable bonds is 5. The fraction of sp³-hybridized carbons (Fsp3) is 0.360. The number of amides is 1. The van der Waals surface area contributed by atoms with E-state index in [1.54, 1.807) is 37.4 Å². The number of carbonyl (C=O) groups is 2. The van der Waals surface area contributed by atoms with Gasteiger partial charge in [-0.1, -0.05) is 0 Å². The Bertz CT molecular complexity index is 1140. The predicted octanol–water partition coefficient (Wildman–Crippen LogP) is 4.87. The van der Waals surface area contributed by atoms with Crippen LogP contribution in [0.25, 0.3) is 11.0 Å². The van der Waals surface area contributed by atoms with Gasteiger partial charge in [-0.15, -0.1) is 0 Å². The topological polar surface area (TPSA) is 84.4 Å². The van der Waals surface area contributed by atoms with E-state index in [2.05, 4.69) is 22.2 Å². The van der Waals surface area contributed by atoms with Gasteiger partial charge in [0.05, 0.1) is 23.4 Å². The van der Waals surface area contributed by atoms with Crippen molar-refractivity contribution >= 4 is 34.3 Å². The molecule has 166 valence electrons. The zero-order valence-electron chi connectivity index (χ0n) is 18.7. The highest BCUT2D eigenvalue weighted by Gasteiger charge is 2.27. The number of benzene rings is 1. The number of nitrogens with one attached hydrogen (secondary N) is 1. The molecule has 0 unspecified atom stereocenters. The number of aromatic nitrogens is 2. The third kappa shape index (κ3) is 4.42. The van der Waals surface area contributed by atoms with Crippen LogP contribution in [0.15, 0.2) is 42.6 Å². The van der Waals surface area contributed by atoms with E-state index in [0.29, 0.717) is 29.1 Å². The molecule has 1 aromatic carbocycles. The lowest BCUT2D eigenvalue weighted by Crippen LogP contribution is -2.42.